The van der Waals surface area contributed by atoms with Crippen molar-refractivity contribution in [1.29, 1.82) is 0 Å². The summed E-state index contributed by atoms with van der Waals surface area (Å²) in [5, 5.41) is 4.86. The van der Waals surface area contributed by atoms with E-state index < -0.39 is 5.97 Å². The van der Waals surface area contributed by atoms with Crippen molar-refractivity contribution in [2.24, 2.45) is 0 Å². The summed E-state index contributed by atoms with van der Waals surface area (Å²) in [5.74, 6) is 0.219. The number of ether oxygens (including phenoxy) is 1. The molecule has 0 radical (unpaired) electrons. The first-order valence-corrected chi connectivity index (χ1v) is 8.09. The van der Waals surface area contributed by atoms with Crippen LogP contribution in [0.3, 0.4) is 0 Å². The summed E-state index contributed by atoms with van der Waals surface area (Å²) >= 11 is 1.52. The molecule has 0 amide bonds. The van der Waals surface area contributed by atoms with Crippen LogP contribution < -0.4 is 0 Å². The molecule has 0 fully saturated rings. The van der Waals surface area contributed by atoms with E-state index in [9.17, 15) is 4.79 Å². The van der Waals surface area contributed by atoms with E-state index >= 15 is 0 Å². The van der Waals surface area contributed by atoms with Crippen LogP contribution in [0.25, 0.3) is 16.0 Å². The van der Waals surface area contributed by atoms with Crippen LogP contribution in [0.1, 0.15) is 15.4 Å². The first kappa shape index (κ1) is 14.5. The number of hydrogen-bond acceptors (Lipinski definition) is 6. The first-order valence-electron chi connectivity index (χ1n) is 7.27. The van der Waals surface area contributed by atoms with Gasteiger partial charge in [0, 0.05) is 18.6 Å². The predicted octanol–water partition coefficient (Wildman–Crippen LogP) is 3.23. The average molecular weight is 336 g/mol. The Hall–Kier alpha value is -3.06. The van der Waals surface area contributed by atoms with Gasteiger partial charge in [-0.1, -0.05) is 12.1 Å². The minimum Gasteiger partial charge on any atom is -0.455 e. The molecule has 0 bridgehead atoms. The molecule has 24 heavy (non-hydrogen) atoms. The van der Waals surface area contributed by atoms with Gasteiger partial charge < -0.3 is 4.74 Å². The number of pyridine rings is 1. The average Bonchev–Trinajstić information content (AvgIpc) is 3.29. The minimum atomic E-state index is -0.422. The van der Waals surface area contributed by atoms with E-state index in [-0.39, 0.29) is 6.61 Å². The van der Waals surface area contributed by atoms with Crippen molar-refractivity contribution < 1.29 is 9.53 Å². The van der Waals surface area contributed by atoms with Crippen LogP contribution in [-0.2, 0) is 11.3 Å². The zero-order chi connectivity index (χ0) is 16.4. The van der Waals surface area contributed by atoms with E-state index in [4.69, 9.17) is 4.74 Å². The summed E-state index contributed by atoms with van der Waals surface area (Å²) in [4.78, 5) is 20.8. The highest BCUT2D eigenvalue weighted by atomic mass is 32.1. The van der Waals surface area contributed by atoms with Gasteiger partial charge in [-0.15, -0.1) is 11.3 Å². The molecule has 0 aliphatic carbocycles. The van der Waals surface area contributed by atoms with Crippen molar-refractivity contribution in [2.45, 2.75) is 6.61 Å². The van der Waals surface area contributed by atoms with Crippen molar-refractivity contribution >= 4 is 27.5 Å². The van der Waals surface area contributed by atoms with Crippen molar-refractivity contribution in [3.05, 3.63) is 71.6 Å². The maximum atomic E-state index is 12.1. The number of aromatic nitrogens is 4. The molecule has 1 aromatic carbocycles. The van der Waals surface area contributed by atoms with Crippen LogP contribution in [0.4, 0.5) is 0 Å². The Kier molecular flexibility index (Phi) is 3.76. The summed E-state index contributed by atoms with van der Waals surface area (Å²) in [6.07, 6.45) is 4.94. The number of thiazole rings is 1. The molecular formula is C17H12N4O2S. The smallest absolute Gasteiger partial charge is 0.340 e. The molecule has 4 aromatic rings. The van der Waals surface area contributed by atoms with Crippen molar-refractivity contribution in [2.75, 3.05) is 0 Å². The lowest BCUT2D eigenvalue weighted by Gasteiger charge is -2.04. The van der Waals surface area contributed by atoms with Crippen molar-refractivity contribution in [3.63, 3.8) is 0 Å². The molecule has 0 unspecified atom stereocenters. The number of hydrogen-bond donors (Lipinski definition) is 0. The summed E-state index contributed by atoms with van der Waals surface area (Å²) in [5.41, 5.74) is 1.31. The standard InChI is InChI=1S/C17H12N4O2S/c22-17(12-6-7-15(18-10-12)21-9-3-8-19-21)23-11-16-20-13-4-1-2-5-14(13)24-16/h1-10H,11H2. The third kappa shape index (κ3) is 2.89. The number of para-hydroxylation sites is 1. The Morgan fingerprint density at radius 3 is 2.83 bits per heavy atom. The number of benzene rings is 1. The molecule has 0 aliphatic rings. The normalized spacial score (nSPS) is 10.8. The Balaban J connectivity index is 1.44. The molecule has 3 heterocycles. The van der Waals surface area contributed by atoms with Gasteiger partial charge in [-0.3, -0.25) is 0 Å². The Morgan fingerprint density at radius 2 is 2.08 bits per heavy atom. The van der Waals surface area contributed by atoms with E-state index in [2.05, 4.69) is 15.1 Å². The van der Waals surface area contributed by atoms with Crippen molar-refractivity contribution in [3.8, 4) is 5.82 Å². The van der Waals surface area contributed by atoms with Gasteiger partial charge in [0.25, 0.3) is 0 Å². The molecule has 0 aliphatic heterocycles. The van der Waals surface area contributed by atoms with Gasteiger partial charge in [-0.25, -0.2) is 19.4 Å². The number of nitrogens with zero attached hydrogens (tertiary/aromatic N) is 4. The number of esters is 1. The van der Waals surface area contributed by atoms with E-state index in [1.54, 1.807) is 29.2 Å². The molecule has 0 spiro atoms. The molecule has 0 atom stereocenters. The van der Waals surface area contributed by atoms with Crippen LogP contribution in [0.15, 0.2) is 61.1 Å². The van der Waals surface area contributed by atoms with Gasteiger partial charge in [-0.2, -0.15) is 5.10 Å². The molecule has 3 aromatic heterocycles. The van der Waals surface area contributed by atoms with E-state index in [0.29, 0.717) is 11.4 Å². The zero-order valence-corrected chi connectivity index (χ0v) is 13.3. The second-order valence-electron chi connectivity index (χ2n) is 5.01. The lowest BCUT2D eigenvalue weighted by Crippen LogP contribution is -2.07. The quantitative estimate of drug-likeness (QED) is 0.535. The van der Waals surface area contributed by atoms with E-state index in [1.165, 1.54) is 17.5 Å². The molecule has 0 N–H and O–H groups in total. The van der Waals surface area contributed by atoms with Crippen LogP contribution in [-0.4, -0.2) is 25.7 Å². The van der Waals surface area contributed by atoms with Gasteiger partial charge in [0.2, 0.25) is 0 Å². The highest BCUT2D eigenvalue weighted by Crippen LogP contribution is 2.22. The molecule has 0 saturated heterocycles. The van der Waals surface area contributed by atoms with Gasteiger partial charge >= 0.3 is 5.97 Å². The molecule has 118 valence electrons. The Morgan fingerprint density at radius 1 is 1.17 bits per heavy atom. The Labute approximate surface area is 141 Å². The molecule has 4 rings (SSSR count). The van der Waals surface area contributed by atoms with Crippen LogP contribution in [0.2, 0.25) is 0 Å². The molecule has 7 heteroatoms. The fourth-order valence-electron chi connectivity index (χ4n) is 2.24. The summed E-state index contributed by atoms with van der Waals surface area (Å²) in [6.45, 7) is 0.152. The Bertz CT molecular complexity index is 944. The minimum absolute atomic E-state index is 0.152. The topological polar surface area (TPSA) is 69.9 Å². The summed E-state index contributed by atoms with van der Waals surface area (Å²) in [6, 6.07) is 13.0. The molecular weight excluding hydrogens is 324 g/mol. The van der Waals surface area contributed by atoms with Gasteiger partial charge in [0.1, 0.15) is 11.6 Å². The third-order valence-corrected chi connectivity index (χ3v) is 4.40. The summed E-state index contributed by atoms with van der Waals surface area (Å²) in [7, 11) is 0. The second kappa shape index (κ2) is 6.21. The molecule has 0 saturated carbocycles. The predicted molar refractivity (Wildman–Crippen MR) is 90.1 cm³/mol. The first-order chi connectivity index (χ1) is 11.8. The second-order valence-corrected chi connectivity index (χ2v) is 6.12. The lowest BCUT2D eigenvalue weighted by molar-refractivity contribution is 0.0472. The fourth-order valence-corrected chi connectivity index (χ4v) is 3.12. The maximum Gasteiger partial charge on any atom is 0.340 e. The monoisotopic (exact) mass is 336 g/mol. The van der Waals surface area contributed by atoms with E-state index in [1.807, 2.05) is 30.3 Å². The van der Waals surface area contributed by atoms with Crippen LogP contribution >= 0.6 is 11.3 Å². The summed E-state index contributed by atoms with van der Waals surface area (Å²) < 4.78 is 8.02. The number of carbonyl (C=O) groups excluding carboxylic acids is 1. The molecule has 6 nitrogen and oxygen atoms in total. The van der Waals surface area contributed by atoms with Crippen LogP contribution in [0, 0.1) is 0 Å². The number of carbonyl (C=O) groups is 1. The highest BCUT2D eigenvalue weighted by Gasteiger charge is 2.11. The lowest BCUT2D eigenvalue weighted by atomic mass is 10.3. The number of fused-ring (bicyclic) bond motifs is 1. The maximum absolute atomic E-state index is 12.1. The van der Waals surface area contributed by atoms with Gasteiger partial charge in [0.15, 0.2) is 5.82 Å². The van der Waals surface area contributed by atoms with E-state index in [0.717, 1.165) is 15.2 Å². The number of rotatable bonds is 4. The zero-order valence-electron chi connectivity index (χ0n) is 12.5. The largest absolute Gasteiger partial charge is 0.455 e. The third-order valence-electron chi connectivity index (χ3n) is 3.39. The van der Waals surface area contributed by atoms with Crippen LogP contribution in [0.5, 0.6) is 0 Å². The fraction of sp³-hybridized carbons (Fsp3) is 0.0588. The van der Waals surface area contributed by atoms with Gasteiger partial charge in [0.05, 0.1) is 15.8 Å². The van der Waals surface area contributed by atoms with Crippen molar-refractivity contribution in [1.82, 2.24) is 19.7 Å². The highest BCUT2D eigenvalue weighted by molar-refractivity contribution is 7.18. The van der Waals surface area contributed by atoms with Gasteiger partial charge in [-0.05, 0) is 30.3 Å². The SMILES string of the molecule is O=C(OCc1nc2ccccc2s1)c1ccc(-n2cccn2)nc1.